The number of carboxylic acid groups (broad SMARTS) is 1. The number of benzene rings is 1. The Morgan fingerprint density at radius 2 is 2.10 bits per heavy atom. The van der Waals surface area contributed by atoms with Gasteiger partial charge in [-0.15, -0.1) is 0 Å². The Morgan fingerprint density at radius 1 is 1.38 bits per heavy atom. The van der Waals surface area contributed by atoms with Crippen molar-refractivity contribution in [2.24, 2.45) is 0 Å². The van der Waals surface area contributed by atoms with E-state index in [0.29, 0.717) is 19.4 Å². The first-order valence-corrected chi connectivity index (χ1v) is 7.35. The van der Waals surface area contributed by atoms with Crippen LogP contribution in [0.4, 0.5) is 5.69 Å². The molecule has 2 N–H and O–H groups in total. The quantitative estimate of drug-likeness (QED) is 0.842. The molecule has 0 saturated carbocycles. The molecule has 0 fully saturated rings. The molecule has 1 aromatic carbocycles. The van der Waals surface area contributed by atoms with E-state index in [4.69, 9.17) is 5.11 Å². The highest BCUT2D eigenvalue weighted by molar-refractivity contribution is 5.87. The maximum Gasteiger partial charge on any atom is 0.303 e. The molecule has 1 aliphatic rings. The number of hydrogen-bond donors (Lipinski definition) is 2. The summed E-state index contributed by atoms with van der Waals surface area (Å²) in [5.41, 5.74) is 2.18. The molecule has 1 amide bonds. The molecule has 21 heavy (non-hydrogen) atoms. The van der Waals surface area contributed by atoms with Crippen molar-refractivity contribution in [3.63, 3.8) is 0 Å². The summed E-state index contributed by atoms with van der Waals surface area (Å²) in [6, 6.07) is 7.75. The molecule has 0 bridgehead atoms. The maximum atomic E-state index is 12.6. The highest BCUT2D eigenvalue weighted by Gasteiger charge is 2.30. The van der Waals surface area contributed by atoms with Gasteiger partial charge in [0.25, 0.3) is 0 Å². The number of aliphatic carboxylic acids is 1. The molecule has 0 aromatic heterocycles. The van der Waals surface area contributed by atoms with Crippen LogP contribution >= 0.6 is 0 Å². The number of nitrogens with one attached hydrogen (secondary N) is 1. The number of hydrogen-bond acceptors (Lipinski definition) is 3. The van der Waals surface area contributed by atoms with Gasteiger partial charge in [-0.3, -0.25) is 9.59 Å². The van der Waals surface area contributed by atoms with Crippen LogP contribution in [0.3, 0.4) is 0 Å². The molecule has 0 radical (unpaired) electrons. The second-order valence-corrected chi connectivity index (χ2v) is 5.68. The van der Waals surface area contributed by atoms with Crippen molar-refractivity contribution in [3.05, 3.63) is 29.8 Å². The summed E-state index contributed by atoms with van der Waals surface area (Å²) in [4.78, 5) is 25.0. The van der Waals surface area contributed by atoms with Gasteiger partial charge < -0.3 is 15.3 Å². The lowest BCUT2D eigenvalue weighted by Gasteiger charge is -2.29. The van der Waals surface area contributed by atoms with Crippen LogP contribution in [-0.4, -0.2) is 40.5 Å². The molecular formula is C16H22N2O3. The van der Waals surface area contributed by atoms with Crippen LogP contribution in [0.2, 0.25) is 0 Å². The van der Waals surface area contributed by atoms with Gasteiger partial charge in [0.1, 0.15) is 6.04 Å². The standard InChI is InChI=1S/C16H22N2O3/c1-11(2)18(9-5-8-15(19)20)16(21)14-10-12-6-3-4-7-13(12)17-14/h3-4,6-7,11,14,17H,5,8-10H2,1-2H3,(H,19,20)/t14-/m0/s1. The zero-order valence-electron chi connectivity index (χ0n) is 12.5. The minimum Gasteiger partial charge on any atom is -0.481 e. The zero-order chi connectivity index (χ0) is 15.4. The van der Waals surface area contributed by atoms with E-state index in [1.165, 1.54) is 0 Å². The van der Waals surface area contributed by atoms with E-state index in [2.05, 4.69) is 5.32 Å². The van der Waals surface area contributed by atoms with E-state index in [-0.39, 0.29) is 24.4 Å². The fraction of sp³-hybridized carbons (Fsp3) is 0.500. The van der Waals surface area contributed by atoms with Crippen LogP contribution in [0.15, 0.2) is 24.3 Å². The average Bonchev–Trinajstić information content (AvgIpc) is 2.86. The van der Waals surface area contributed by atoms with E-state index in [1.54, 1.807) is 4.90 Å². The van der Waals surface area contributed by atoms with Gasteiger partial charge in [0.05, 0.1) is 0 Å². The Morgan fingerprint density at radius 3 is 2.71 bits per heavy atom. The zero-order valence-corrected chi connectivity index (χ0v) is 12.5. The van der Waals surface area contributed by atoms with Crippen LogP contribution in [0.25, 0.3) is 0 Å². The fourth-order valence-corrected chi connectivity index (χ4v) is 2.67. The Balaban J connectivity index is 1.98. The third-order valence-electron chi connectivity index (χ3n) is 3.77. The van der Waals surface area contributed by atoms with Crippen LogP contribution in [0.5, 0.6) is 0 Å². The normalized spacial score (nSPS) is 16.4. The van der Waals surface area contributed by atoms with E-state index in [9.17, 15) is 9.59 Å². The van der Waals surface area contributed by atoms with Gasteiger partial charge in [-0.2, -0.15) is 0 Å². The summed E-state index contributed by atoms with van der Waals surface area (Å²) in [5.74, 6) is -0.774. The first-order chi connectivity index (χ1) is 9.99. The first-order valence-electron chi connectivity index (χ1n) is 7.35. The SMILES string of the molecule is CC(C)N(CCCC(=O)O)C(=O)[C@@H]1Cc2ccccc2N1. The highest BCUT2D eigenvalue weighted by Crippen LogP contribution is 2.26. The van der Waals surface area contributed by atoms with Crippen molar-refractivity contribution in [2.75, 3.05) is 11.9 Å². The van der Waals surface area contributed by atoms with Crippen LogP contribution in [0.1, 0.15) is 32.3 Å². The lowest BCUT2D eigenvalue weighted by molar-refractivity contribution is -0.138. The molecule has 0 aliphatic carbocycles. The number of carbonyl (C=O) groups is 2. The van der Waals surface area contributed by atoms with E-state index >= 15 is 0 Å². The molecule has 114 valence electrons. The smallest absolute Gasteiger partial charge is 0.303 e. The first kappa shape index (κ1) is 15.4. The van der Waals surface area contributed by atoms with Crippen LogP contribution < -0.4 is 5.32 Å². The van der Waals surface area contributed by atoms with Gasteiger partial charge in [0, 0.05) is 31.1 Å². The van der Waals surface area contributed by atoms with Crippen molar-refractivity contribution in [2.45, 2.75) is 45.2 Å². The molecule has 0 unspecified atom stereocenters. The minimum atomic E-state index is -0.822. The Hall–Kier alpha value is -2.04. The summed E-state index contributed by atoms with van der Waals surface area (Å²) >= 11 is 0. The van der Waals surface area contributed by atoms with Crippen LogP contribution in [-0.2, 0) is 16.0 Å². The van der Waals surface area contributed by atoms with Gasteiger partial charge >= 0.3 is 5.97 Å². The number of amides is 1. The monoisotopic (exact) mass is 290 g/mol. The molecule has 1 heterocycles. The van der Waals surface area contributed by atoms with E-state index in [1.807, 2.05) is 38.1 Å². The molecular weight excluding hydrogens is 268 g/mol. The van der Waals surface area contributed by atoms with Gasteiger partial charge in [0.2, 0.25) is 5.91 Å². The Bertz CT molecular complexity index is 503. The molecule has 5 heteroatoms. The van der Waals surface area contributed by atoms with Crippen molar-refractivity contribution < 1.29 is 14.7 Å². The van der Waals surface area contributed by atoms with Gasteiger partial charge in [-0.25, -0.2) is 0 Å². The molecule has 2 rings (SSSR count). The molecule has 1 aromatic rings. The minimum absolute atomic E-state index is 0.0478. The second kappa shape index (κ2) is 6.61. The molecule has 5 nitrogen and oxygen atoms in total. The third-order valence-corrected chi connectivity index (χ3v) is 3.77. The number of rotatable bonds is 6. The molecule has 0 saturated heterocycles. The molecule has 1 atom stereocenters. The largest absolute Gasteiger partial charge is 0.481 e. The molecule has 1 aliphatic heterocycles. The number of carbonyl (C=O) groups excluding carboxylic acids is 1. The predicted molar refractivity (Wildman–Crippen MR) is 81.3 cm³/mol. The average molecular weight is 290 g/mol. The summed E-state index contributed by atoms with van der Waals surface area (Å²) in [6.07, 6.45) is 1.27. The number of para-hydroxylation sites is 1. The number of anilines is 1. The van der Waals surface area contributed by atoms with Gasteiger partial charge in [-0.05, 0) is 31.9 Å². The number of nitrogens with zero attached hydrogens (tertiary/aromatic N) is 1. The lowest BCUT2D eigenvalue weighted by Crippen LogP contribution is -2.46. The Kier molecular flexibility index (Phi) is 4.83. The summed E-state index contributed by atoms with van der Waals surface area (Å²) in [5, 5.41) is 12.0. The summed E-state index contributed by atoms with van der Waals surface area (Å²) < 4.78 is 0. The van der Waals surface area contributed by atoms with Crippen molar-refractivity contribution in [1.82, 2.24) is 4.90 Å². The predicted octanol–water partition coefficient (Wildman–Crippen LogP) is 2.12. The van der Waals surface area contributed by atoms with Gasteiger partial charge in [0.15, 0.2) is 0 Å². The van der Waals surface area contributed by atoms with E-state index < -0.39 is 5.97 Å². The number of carboxylic acids is 1. The maximum absolute atomic E-state index is 12.6. The van der Waals surface area contributed by atoms with Gasteiger partial charge in [-0.1, -0.05) is 18.2 Å². The summed E-state index contributed by atoms with van der Waals surface area (Å²) in [6.45, 7) is 4.40. The van der Waals surface area contributed by atoms with Crippen molar-refractivity contribution in [1.29, 1.82) is 0 Å². The summed E-state index contributed by atoms with van der Waals surface area (Å²) in [7, 11) is 0. The fourth-order valence-electron chi connectivity index (χ4n) is 2.67. The lowest BCUT2D eigenvalue weighted by atomic mass is 10.1. The van der Waals surface area contributed by atoms with Crippen molar-refractivity contribution >= 4 is 17.6 Å². The van der Waals surface area contributed by atoms with Crippen molar-refractivity contribution in [3.8, 4) is 0 Å². The molecule has 0 spiro atoms. The topological polar surface area (TPSA) is 69.6 Å². The third kappa shape index (κ3) is 3.74. The number of fused-ring (bicyclic) bond motifs is 1. The van der Waals surface area contributed by atoms with E-state index in [0.717, 1.165) is 11.3 Å². The highest BCUT2D eigenvalue weighted by atomic mass is 16.4. The second-order valence-electron chi connectivity index (χ2n) is 5.68. The van der Waals surface area contributed by atoms with Crippen LogP contribution in [0, 0.1) is 0 Å². The Labute approximate surface area is 125 Å².